The number of morpholine rings is 1. The topological polar surface area (TPSA) is 96.7 Å². The van der Waals surface area contributed by atoms with Crippen molar-refractivity contribution in [2.75, 3.05) is 32.8 Å². The van der Waals surface area contributed by atoms with E-state index in [2.05, 4.69) is 22.1 Å². The van der Waals surface area contributed by atoms with Crippen LogP contribution >= 0.6 is 0 Å². The first-order valence-corrected chi connectivity index (χ1v) is 12.4. The second-order valence-corrected chi connectivity index (χ2v) is 10.8. The highest BCUT2D eigenvalue weighted by Crippen LogP contribution is 2.66. The summed E-state index contributed by atoms with van der Waals surface area (Å²) in [6.45, 7) is 5.91. The monoisotopic (exact) mass is 492 g/mol. The number of hydrogen-bond acceptors (Lipinski definition) is 6. The summed E-state index contributed by atoms with van der Waals surface area (Å²) in [5, 5.41) is 14.6. The minimum Gasteiger partial charge on any atom is -0.506 e. The lowest BCUT2D eigenvalue weighted by atomic mass is 9.40. The average molecular weight is 493 g/mol. The number of ether oxygens (including phenoxy) is 1. The van der Waals surface area contributed by atoms with Gasteiger partial charge in [-0.05, 0) is 48.4 Å². The van der Waals surface area contributed by atoms with Gasteiger partial charge < -0.3 is 15.2 Å². The van der Waals surface area contributed by atoms with Gasteiger partial charge in [-0.25, -0.2) is 9.37 Å². The maximum absolute atomic E-state index is 13.6. The Kier molecular flexibility index (Phi) is 5.38. The van der Waals surface area contributed by atoms with E-state index in [0.717, 1.165) is 32.4 Å². The number of aromatic nitrogens is 2. The lowest BCUT2D eigenvalue weighted by Gasteiger charge is -2.69. The molecular weight excluding hydrogens is 463 g/mol. The molecule has 0 radical (unpaired) electrons. The van der Waals surface area contributed by atoms with Gasteiger partial charge in [0.05, 0.1) is 18.6 Å². The highest BCUT2D eigenvalue weighted by atomic mass is 19.1. The highest BCUT2D eigenvalue weighted by Gasteiger charge is 2.65. The summed E-state index contributed by atoms with van der Waals surface area (Å²) in [4.78, 5) is 33.7. The van der Waals surface area contributed by atoms with Crippen LogP contribution in [0.4, 0.5) is 4.39 Å². The Morgan fingerprint density at radius 3 is 2.50 bits per heavy atom. The molecule has 188 valence electrons. The molecule has 1 amide bonds. The van der Waals surface area contributed by atoms with Gasteiger partial charge in [-0.15, -0.1) is 0 Å². The van der Waals surface area contributed by atoms with Gasteiger partial charge >= 0.3 is 0 Å². The van der Waals surface area contributed by atoms with E-state index in [9.17, 15) is 19.1 Å². The first kappa shape index (κ1) is 23.1. The van der Waals surface area contributed by atoms with Gasteiger partial charge in [-0.1, -0.05) is 19.1 Å². The fourth-order valence-corrected chi connectivity index (χ4v) is 6.32. The van der Waals surface area contributed by atoms with Gasteiger partial charge in [0.1, 0.15) is 22.8 Å². The van der Waals surface area contributed by atoms with Gasteiger partial charge in [0.15, 0.2) is 0 Å². The van der Waals surface area contributed by atoms with Crippen LogP contribution < -0.4 is 10.9 Å². The molecule has 3 aliphatic carbocycles. The molecule has 8 nitrogen and oxygen atoms in total. The molecule has 3 aromatic rings. The molecular formula is C27H29FN4O4. The first-order chi connectivity index (χ1) is 17.3. The van der Waals surface area contributed by atoms with E-state index in [1.54, 1.807) is 24.4 Å². The van der Waals surface area contributed by atoms with Crippen LogP contribution in [0.2, 0.25) is 0 Å². The summed E-state index contributed by atoms with van der Waals surface area (Å²) in [7, 11) is 0. The second kappa shape index (κ2) is 8.38. The van der Waals surface area contributed by atoms with Crippen molar-refractivity contribution in [2.24, 2.45) is 5.41 Å². The van der Waals surface area contributed by atoms with Crippen molar-refractivity contribution in [2.45, 2.75) is 38.3 Å². The zero-order valence-corrected chi connectivity index (χ0v) is 20.2. The van der Waals surface area contributed by atoms with Crippen molar-refractivity contribution in [1.82, 2.24) is 19.8 Å². The van der Waals surface area contributed by atoms with Crippen LogP contribution in [0.1, 0.15) is 36.5 Å². The summed E-state index contributed by atoms with van der Waals surface area (Å²) in [6.07, 6.45) is 4.27. The van der Waals surface area contributed by atoms with E-state index in [-0.39, 0.29) is 28.1 Å². The van der Waals surface area contributed by atoms with E-state index in [1.807, 2.05) is 0 Å². The molecule has 1 aromatic carbocycles. The smallest absolute Gasteiger partial charge is 0.268 e. The molecule has 4 aliphatic rings. The molecule has 9 heteroatoms. The van der Waals surface area contributed by atoms with Crippen LogP contribution in [0, 0.1) is 11.2 Å². The molecule has 2 aromatic heterocycles. The molecule has 0 atom stereocenters. The second-order valence-electron chi connectivity index (χ2n) is 10.8. The maximum atomic E-state index is 13.6. The van der Waals surface area contributed by atoms with Crippen molar-refractivity contribution in [3.8, 4) is 16.9 Å². The highest BCUT2D eigenvalue weighted by molar-refractivity contribution is 6.02. The number of nitrogens with zero attached hydrogens (tertiary/aromatic N) is 3. The predicted octanol–water partition coefficient (Wildman–Crippen LogP) is 2.91. The Hall–Kier alpha value is -3.30. The average Bonchev–Trinajstić information content (AvgIpc) is 2.83. The molecule has 0 unspecified atom stereocenters. The Morgan fingerprint density at radius 2 is 1.83 bits per heavy atom. The zero-order valence-electron chi connectivity index (χ0n) is 20.2. The van der Waals surface area contributed by atoms with Crippen LogP contribution in [0.25, 0.3) is 22.2 Å². The fraction of sp³-hybridized carbons (Fsp3) is 0.444. The van der Waals surface area contributed by atoms with Crippen molar-refractivity contribution in [1.29, 1.82) is 0 Å². The largest absolute Gasteiger partial charge is 0.506 e. The quantitative estimate of drug-likeness (QED) is 0.549. The number of benzene rings is 1. The summed E-state index contributed by atoms with van der Waals surface area (Å²) in [5.74, 6) is -1.27. The van der Waals surface area contributed by atoms with Crippen molar-refractivity contribution >= 4 is 16.9 Å². The number of carbonyl (C=O) groups is 1. The molecule has 2 bridgehead atoms. The third-order valence-corrected chi connectivity index (χ3v) is 7.90. The summed E-state index contributed by atoms with van der Waals surface area (Å²) >= 11 is 0. The molecule has 4 fully saturated rings. The van der Waals surface area contributed by atoms with Crippen LogP contribution in [-0.2, 0) is 11.3 Å². The first-order valence-electron chi connectivity index (χ1n) is 12.4. The van der Waals surface area contributed by atoms with E-state index < -0.39 is 11.5 Å². The molecule has 3 heterocycles. The van der Waals surface area contributed by atoms with Crippen LogP contribution in [0.3, 0.4) is 0 Å². The number of amides is 1. The molecule has 1 aliphatic heterocycles. The van der Waals surface area contributed by atoms with Gasteiger partial charge in [-0.3, -0.25) is 19.1 Å². The van der Waals surface area contributed by atoms with E-state index in [0.29, 0.717) is 48.5 Å². The normalized spacial score (nSPS) is 25.3. The SMILES string of the molecule is CC12CC(NC(=O)c3c(O)c4cc(-c5ccc(F)cc5)cnc4n(CCN4CCOCC4)c3=O)(C1)C2. The van der Waals surface area contributed by atoms with Crippen molar-refractivity contribution < 1.29 is 19.0 Å². The van der Waals surface area contributed by atoms with Crippen LogP contribution in [-0.4, -0.2) is 63.9 Å². The number of rotatable bonds is 6. The number of hydrogen-bond donors (Lipinski definition) is 2. The number of halogens is 1. The van der Waals surface area contributed by atoms with E-state index in [1.165, 1.54) is 16.7 Å². The summed E-state index contributed by atoms with van der Waals surface area (Å²) < 4.78 is 20.3. The minimum atomic E-state index is -0.550. The third-order valence-electron chi connectivity index (χ3n) is 7.90. The molecule has 0 spiro atoms. The van der Waals surface area contributed by atoms with E-state index in [4.69, 9.17) is 4.74 Å². The fourth-order valence-electron chi connectivity index (χ4n) is 6.32. The number of nitrogens with one attached hydrogen (secondary N) is 1. The third kappa shape index (κ3) is 3.87. The lowest BCUT2D eigenvalue weighted by Crippen LogP contribution is -2.73. The minimum absolute atomic E-state index is 0.252. The van der Waals surface area contributed by atoms with Crippen LogP contribution in [0.15, 0.2) is 41.3 Å². The number of carbonyl (C=O) groups excluding carboxylic acids is 1. The van der Waals surface area contributed by atoms with E-state index >= 15 is 0 Å². The predicted molar refractivity (Wildman–Crippen MR) is 132 cm³/mol. The Bertz CT molecular complexity index is 1390. The van der Waals surface area contributed by atoms with Crippen molar-refractivity contribution in [3.05, 3.63) is 58.3 Å². The van der Waals surface area contributed by atoms with Gasteiger partial charge in [0.25, 0.3) is 11.5 Å². The molecule has 36 heavy (non-hydrogen) atoms. The molecule has 3 saturated carbocycles. The molecule has 2 N–H and O–H groups in total. The van der Waals surface area contributed by atoms with Crippen LogP contribution in [0.5, 0.6) is 5.75 Å². The number of aromatic hydroxyl groups is 1. The standard InChI is InChI=1S/C27H29FN4O4/c1-26-14-27(15-26,16-26)30-24(34)21-22(33)20-12-18(17-2-4-19(28)5-3-17)13-29-23(20)32(25(21)35)7-6-31-8-10-36-11-9-31/h2-5,12-13,33H,6-11,14-16H2,1H3,(H,30,34). The van der Waals surface area contributed by atoms with Gasteiger partial charge in [0.2, 0.25) is 0 Å². The number of pyridine rings is 2. The molecule has 7 rings (SSSR count). The van der Waals surface area contributed by atoms with Gasteiger partial charge in [-0.2, -0.15) is 0 Å². The lowest BCUT2D eigenvalue weighted by molar-refractivity contribution is -0.132. The van der Waals surface area contributed by atoms with Gasteiger partial charge in [0, 0.05) is 43.5 Å². The number of fused-ring (bicyclic) bond motifs is 1. The maximum Gasteiger partial charge on any atom is 0.268 e. The zero-order chi connectivity index (χ0) is 25.1. The Balaban J connectivity index is 1.41. The summed E-state index contributed by atoms with van der Waals surface area (Å²) in [6, 6.07) is 7.66. The Labute approximate surface area is 207 Å². The van der Waals surface area contributed by atoms with Crippen molar-refractivity contribution in [3.63, 3.8) is 0 Å². The Morgan fingerprint density at radius 1 is 1.14 bits per heavy atom. The summed E-state index contributed by atoms with van der Waals surface area (Å²) in [5.41, 5.74) is 0.880. The molecule has 1 saturated heterocycles.